The van der Waals surface area contributed by atoms with Crippen LogP contribution in [0.25, 0.3) is 33.5 Å². The number of nitrogens with zero attached hydrogens (tertiary/aromatic N) is 7. The minimum Gasteiger partial charge on any atom is -0.357 e. The van der Waals surface area contributed by atoms with Gasteiger partial charge in [0, 0.05) is 85.5 Å². The number of aromatic amines is 1. The summed E-state index contributed by atoms with van der Waals surface area (Å²) in [5.41, 5.74) is 5.59. The van der Waals surface area contributed by atoms with E-state index in [1.165, 1.54) is 0 Å². The third kappa shape index (κ3) is 6.55. The van der Waals surface area contributed by atoms with E-state index in [1.807, 2.05) is 55.8 Å². The van der Waals surface area contributed by atoms with Gasteiger partial charge in [0.15, 0.2) is 11.6 Å². The monoisotopic (exact) mass is 646 g/mol. The zero-order valence-electron chi connectivity index (χ0n) is 26.7. The molecular weight excluding hydrogens is 609 g/mol. The molecule has 6 heterocycles. The summed E-state index contributed by atoms with van der Waals surface area (Å²) in [6, 6.07) is 15.9. The van der Waals surface area contributed by atoms with E-state index >= 15 is 0 Å². The highest BCUT2D eigenvalue weighted by Crippen LogP contribution is 2.37. The van der Waals surface area contributed by atoms with E-state index in [4.69, 9.17) is 0 Å². The van der Waals surface area contributed by atoms with Crippen molar-refractivity contribution in [1.82, 2.24) is 35.0 Å². The smallest absolute Gasteiger partial charge is 0.160 e. The van der Waals surface area contributed by atoms with Crippen molar-refractivity contribution >= 4 is 40.0 Å². The fraction of sp³-hybridized carbons (Fsp3) is 0.361. The second kappa shape index (κ2) is 13.3. The number of pyridine rings is 2. The number of hydrogen-bond acceptors (Lipinski definition) is 10. The van der Waals surface area contributed by atoms with Gasteiger partial charge in [-0.2, -0.15) is 5.10 Å². The quantitative estimate of drug-likeness (QED) is 0.217. The molecule has 47 heavy (non-hydrogen) atoms. The van der Waals surface area contributed by atoms with Crippen LogP contribution in [0.15, 0.2) is 73.3 Å². The summed E-state index contributed by atoms with van der Waals surface area (Å²) < 4.78 is -0.511. The Kier molecular flexibility index (Phi) is 8.83. The van der Waals surface area contributed by atoms with Crippen LogP contribution >= 0.6 is 11.8 Å². The van der Waals surface area contributed by atoms with Crippen LogP contribution in [0.3, 0.4) is 0 Å². The van der Waals surface area contributed by atoms with Crippen molar-refractivity contribution < 1.29 is 9.59 Å². The van der Waals surface area contributed by atoms with Gasteiger partial charge in [-0.15, -0.1) is 11.8 Å². The van der Waals surface area contributed by atoms with E-state index in [0.29, 0.717) is 25.3 Å². The predicted molar refractivity (Wildman–Crippen MR) is 185 cm³/mol. The molecule has 0 spiro atoms. The van der Waals surface area contributed by atoms with Gasteiger partial charge in [-0.25, -0.2) is 15.0 Å². The van der Waals surface area contributed by atoms with E-state index in [-0.39, 0.29) is 17.5 Å². The molecule has 7 rings (SSSR count). The lowest BCUT2D eigenvalue weighted by molar-refractivity contribution is -0.125. The number of likely N-dealkylation sites (tertiary alicyclic amines) is 1. The molecule has 0 amide bonds. The lowest BCUT2D eigenvalue weighted by Crippen LogP contribution is -2.42. The molecule has 0 radical (unpaired) electrons. The topological polar surface area (TPSA) is 121 Å². The first-order valence-corrected chi connectivity index (χ1v) is 17.4. The number of nitrogens with one attached hydrogen (secondary N) is 1. The number of benzene rings is 1. The van der Waals surface area contributed by atoms with Gasteiger partial charge in [0.1, 0.15) is 17.3 Å². The highest BCUT2D eigenvalue weighted by molar-refractivity contribution is 8.00. The lowest BCUT2D eigenvalue weighted by atomic mass is 9.92. The number of thioether (sulfide) groups is 1. The van der Waals surface area contributed by atoms with Crippen LogP contribution in [0.4, 0.5) is 5.82 Å². The highest BCUT2D eigenvalue weighted by atomic mass is 32.2. The van der Waals surface area contributed by atoms with Crippen molar-refractivity contribution in [3.8, 4) is 22.6 Å². The molecule has 5 aromatic rings. The summed E-state index contributed by atoms with van der Waals surface area (Å²) in [6.07, 6.45) is 11.8. The van der Waals surface area contributed by atoms with E-state index in [2.05, 4.69) is 46.0 Å². The van der Waals surface area contributed by atoms with E-state index < -0.39 is 4.75 Å². The Morgan fingerprint density at radius 2 is 1.79 bits per heavy atom. The zero-order valence-corrected chi connectivity index (χ0v) is 27.5. The average Bonchev–Trinajstić information content (AvgIpc) is 3.73. The maximum atomic E-state index is 13.9. The normalized spacial score (nSPS) is 19.0. The Morgan fingerprint density at radius 1 is 0.957 bits per heavy atom. The fourth-order valence-corrected chi connectivity index (χ4v) is 7.77. The zero-order chi connectivity index (χ0) is 32.4. The summed E-state index contributed by atoms with van der Waals surface area (Å²) in [6.45, 7) is 5.31. The molecule has 2 aliphatic heterocycles. The molecule has 0 saturated carbocycles. The first-order chi connectivity index (χ1) is 22.9. The first kappa shape index (κ1) is 31.1. The number of Topliss-reactive ketones (excluding diaryl/α,β-unsaturated/α-hetero) is 2. The lowest BCUT2D eigenvalue weighted by Gasteiger charge is -2.33. The molecule has 0 bridgehead atoms. The molecule has 1 N–H and O–H groups in total. The third-order valence-corrected chi connectivity index (χ3v) is 10.9. The molecule has 4 aromatic heterocycles. The van der Waals surface area contributed by atoms with Gasteiger partial charge < -0.3 is 4.90 Å². The standard InChI is InChI=1S/C36H38N8O2S/c1-24-18-27(8-14-37-24)34-29-19-25(4-6-30(29)41-42-34)20-32(46)36(47-2)11-17-43(23-36)22-31(45)26-9-15-44(16-10-26)33-7-5-28(21-40-33)35-38-12-3-13-39-35/h3-8,12-14,18-19,21,26H,9-11,15-17,20,22-23H2,1-2H3,(H,41,42)/t36-/m0/s1. The predicted octanol–water partition coefficient (Wildman–Crippen LogP) is 5.19. The number of H-pyrrole nitrogens is 1. The number of rotatable bonds is 10. The van der Waals surface area contributed by atoms with Crippen LogP contribution in [0.1, 0.15) is 30.5 Å². The number of hydrogen-bond donors (Lipinski definition) is 1. The van der Waals surface area contributed by atoms with Crippen molar-refractivity contribution in [1.29, 1.82) is 0 Å². The van der Waals surface area contributed by atoms with Gasteiger partial charge in [-0.1, -0.05) is 6.07 Å². The van der Waals surface area contributed by atoms with Crippen molar-refractivity contribution in [2.24, 2.45) is 5.92 Å². The molecule has 0 unspecified atom stereocenters. The fourth-order valence-electron chi connectivity index (χ4n) is 6.87. The van der Waals surface area contributed by atoms with Gasteiger partial charge in [0.2, 0.25) is 0 Å². The minimum atomic E-state index is -0.511. The maximum Gasteiger partial charge on any atom is 0.160 e. The summed E-state index contributed by atoms with van der Waals surface area (Å²) in [7, 11) is 0. The Bertz CT molecular complexity index is 1890. The van der Waals surface area contributed by atoms with Crippen LogP contribution in [-0.2, 0) is 16.0 Å². The number of carbonyl (C=O) groups is 2. The number of piperidine rings is 1. The summed E-state index contributed by atoms with van der Waals surface area (Å²) >= 11 is 1.63. The van der Waals surface area contributed by atoms with Crippen LogP contribution in [-0.4, -0.2) is 90.3 Å². The second-order valence-electron chi connectivity index (χ2n) is 12.6. The van der Waals surface area contributed by atoms with Crippen LogP contribution in [0.5, 0.6) is 0 Å². The van der Waals surface area contributed by atoms with Gasteiger partial charge in [-0.3, -0.25) is 24.6 Å². The van der Waals surface area contributed by atoms with E-state index in [0.717, 1.165) is 83.7 Å². The van der Waals surface area contributed by atoms with Gasteiger partial charge >= 0.3 is 0 Å². The summed E-state index contributed by atoms with van der Waals surface area (Å²) in [5, 5.41) is 8.67. The Balaban J connectivity index is 0.941. The largest absolute Gasteiger partial charge is 0.357 e. The number of anilines is 1. The summed E-state index contributed by atoms with van der Waals surface area (Å²) in [4.78, 5) is 49.3. The van der Waals surface area contributed by atoms with E-state index in [9.17, 15) is 9.59 Å². The molecule has 10 nitrogen and oxygen atoms in total. The average molecular weight is 647 g/mol. The molecule has 2 fully saturated rings. The molecule has 2 saturated heterocycles. The van der Waals surface area contributed by atoms with Crippen molar-refractivity contribution in [2.75, 3.05) is 43.9 Å². The van der Waals surface area contributed by atoms with Crippen molar-refractivity contribution in [3.05, 3.63) is 84.6 Å². The van der Waals surface area contributed by atoms with Crippen LogP contribution < -0.4 is 4.90 Å². The number of fused-ring (bicyclic) bond motifs is 1. The number of ketones is 2. The van der Waals surface area contributed by atoms with Gasteiger partial charge in [0.25, 0.3) is 0 Å². The van der Waals surface area contributed by atoms with Crippen LogP contribution in [0, 0.1) is 12.8 Å². The number of carbonyl (C=O) groups excluding carboxylic acids is 2. The molecule has 1 atom stereocenters. The molecule has 11 heteroatoms. The molecule has 0 aliphatic carbocycles. The number of aromatic nitrogens is 6. The maximum absolute atomic E-state index is 13.9. The van der Waals surface area contributed by atoms with E-state index in [1.54, 1.807) is 36.4 Å². The van der Waals surface area contributed by atoms with Crippen molar-refractivity contribution in [3.63, 3.8) is 0 Å². The van der Waals surface area contributed by atoms with Gasteiger partial charge in [-0.05, 0) is 80.5 Å². The number of aryl methyl sites for hydroxylation is 1. The first-order valence-electron chi connectivity index (χ1n) is 16.1. The van der Waals surface area contributed by atoms with Gasteiger partial charge in [0.05, 0.1) is 16.8 Å². The SMILES string of the molecule is CS[C@@]1(C(=O)Cc2ccc3[nH]nc(-c4ccnc(C)c4)c3c2)CCN(CC(=O)C2CCN(c3ccc(-c4ncccn4)cn3)CC2)C1. The molecule has 2 aliphatic rings. The Morgan fingerprint density at radius 3 is 2.53 bits per heavy atom. The molecule has 1 aromatic carbocycles. The highest BCUT2D eigenvalue weighted by Gasteiger charge is 2.44. The van der Waals surface area contributed by atoms with Crippen molar-refractivity contribution in [2.45, 2.75) is 37.4 Å². The second-order valence-corrected chi connectivity index (χ2v) is 13.8. The molecular formula is C36H38N8O2S. The molecule has 240 valence electrons. The minimum absolute atomic E-state index is 0.0308. The third-order valence-electron chi connectivity index (χ3n) is 9.60. The Labute approximate surface area is 278 Å². The Hall–Kier alpha value is -4.48. The van der Waals surface area contributed by atoms with Crippen LogP contribution in [0.2, 0.25) is 0 Å². The summed E-state index contributed by atoms with van der Waals surface area (Å²) in [5.74, 6) is 2.10.